The fourth-order valence-corrected chi connectivity index (χ4v) is 3.08. The third-order valence-electron chi connectivity index (χ3n) is 4.50. The third kappa shape index (κ3) is 4.23. The number of anilines is 1. The Bertz CT molecular complexity index is 702. The summed E-state index contributed by atoms with van der Waals surface area (Å²) in [5.74, 6) is 1.47. The van der Waals surface area contributed by atoms with E-state index >= 15 is 0 Å². The van der Waals surface area contributed by atoms with Crippen LogP contribution in [0.15, 0.2) is 36.8 Å². The minimum Gasteiger partial charge on any atom is -0.481 e. The Morgan fingerprint density at radius 1 is 1.24 bits per heavy atom. The molecule has 1 saturated heterocycles. The summed E-state index contributed by atoms with van der Waals surface area (Å²) in [7, 11) is 3.45. The Morgan fingerprint density at radius 2 is 1.96 bits per heavy atom. The van der Waals surface area contributed by atoms with Crippen molar-refractivity contribution in [3.63, 3.8) is 0 Å². The van der Waals surface area contributed by atoms with Crippen LogP contribution in [0.25, 0.3) is 0 Å². The summed E-state index contributed by atoms with van der Waals surface area (Å²) in [5, 5.41) is 0. The highest BCUT2D eigenvalue weighted by molar-refractivity contribution is 5.78. The first-order valence-electron chi connectivity index (χ1n) is 8.43. The lowest BCUT2D eigenvalue weighted by atomic mass is 9.95. The van der Waals surface area contributed by atoms with Gasteiger partial charge in [-0.05, 0) is 30.5 Å². The summed E-state index contributed by atoms with van der Waals surface area (Å²) in [6.07, 6.45) is 6.81. The molecule has 1 aliphatic rings. The molecule has 7 nitrogen and oxygen atoms in total. The highest BCUT2D eigenvalue weighted by Gasteiger charge is 2.28. The molecule has 25 heavy (non-hydrogen) atoms. The van der Waals surface area contributed by atoms with Crippen molar-refractivity contribution < 1.29 is 9.53 Å². The molecular weight excluding hydrogens is 318 g/mol. The van der Waals surface area contributed by atoms with E-state index in [-0.39, 0.29) is 11.8 Å². The van der Waals surface area contributed by atoms with Gasteiger partial charge in [0.2, 0.25) is 17.7 Å². The van der Waals surface area contributed by atoms with Gasteiger partial charge in [0.1, 0.15) is 0 Å². The van der Waals surface area contributed by atoms with Crippen LogP contribution in [0.3, 0.4) is 0 Å². The van der Waals surface area contributed by atoms with E-state index in [0.29, 0.717) is 18.4 Å². The van der Waals surface area contributed by atoms with Crippen molar-refractivity contribution in [3.05, 3.63) is 42.4 Å². The topological polar surface area (TPSA) is 71.5 Å². The molecule has 2 aromatic rings. The van der Waals surface area contributed by atoms with Crippen LogP contribution < -0.4 is 9.64 Å². The van der Waals surface area contributed by atoms with Gasteiger partial charge < -0.3 is 14.5 Å². The van der Waals surface area contributed by atoms with Gasteiger partial charge >= 0.3 is 0 Å². The monoisotopic (exact) mass is 341 g/mol. The molecule has 0 radical (unpaired) electrons. The molecule has 0 N–H and O–H groups in total. The molecule has 3 heterocycles. The maximum atomic E-state index is 12.7. The van der Waals surface area contributed by atoms with Crippen molar-refractivity contribution >= 4 is 11.9 Å². The lowest BCUT2D eigenvalue weighted by Gasteiger charge is -2.33. The van der Waals surface area contributed by atoms with Crippen LogP contribution >= 0.6 is 0 Å². The van der Waals surface area contributed by atoms with Crippen molar-refractivity contribution in [2.75, 3.05) is 32.1 Å². The highest BCUT2D eigenvalue weighted by Crippen LogP contribution is 2.23. The maximum Gasteiger partial charge on any atom is 0.228 e. The minimum absolute atomic E-state index is 0.0497. The second-order valence-corrected chi connectivity index (χ2v) is 6.21. The van der Waals surface area contributed by atoms with E-state index in [0.717, 1.165) is 31.5 Å². The molecule has 0 aromatic carbocycles. The largest absolute Gasteiger partial charge is 0.481 e. The highest BCUT2D eigenvalue weighted by atomic mass is 16.5. The second-order valence-electron chi connectivity index (χ2n) is 6.21. The zero-order valence-electron chi connectivity index (χ0n) is 14.6. The molecule has 0 bridgehead atoms. The molecule has 0 aliphatic carbocycles. The van der Waals surface area contributed by atoms with Gasteiger partial charge in [-0.15, -0.1) is 0 Å². The number of aromatic nitrogens is 3. The predicted octanol–water partition coefficient (Wildman–Crippen LogP) is 1.76. The number of amides is 1. The van der Waals surface area contributed by atoms with E-state index in [9.17, 15) is 4.79 Å². The Balaban J connectivity index is 1.55. The fourth-order valence-electron chi connectivity index (χ4n) is 3.08. The molecule has 0 atom stereocenters. The van der Waals surface area contributed by atoms with Crippen molar-refractivity contribution in [2.45, 2.75) is 19.4 Å². The molecule has 0 saturated carbocycles. The van der Waals surface area contributed by atoms with Gasteiger partial charge in [0.25, 0.3) is 0 Å². The van der Waals surface area contributed by atoms with Gasteiger partial charge in [-0.3, -0.25) is 9.78 Å². The second kappa shape index (κ2) is 7.92. The van der Waals surface area contributed by atoms with Crippen LogP contribution in [0.5, 0.6) is 5.88 Å². The molecule has 132 valence electrons. The summed E-state index contributed by atoms with van der Waals surface area (Å²) >= 11 is 0. The zero-order valence-corrected chi connectivity index (χ0v) is 14.6. The van der Waals surface area contributed by atoms with Crippen molar-refractivity contribution in [1.29, 1.82) is 0 Å². The lowest BCUT2D eigenvalue weighted by Crippen LogP contribution is -2.41. The molecule has 7 heteroatoms. The molecular formula is C18H23N5O2. The van der Waals surface area contributed by atoms with Crippen LogP contribution in [-0.2, 0) is 11.3 Å². The third-order valence-corrected chi connectivity index (χ3v) is 4.50. The number of nitrogens with zero attached hydrogens (tertiary/aromatic N) is 5. The van der Waals surface area contributed by atoms with E-state index in [4.69, 9.17) is 4.74 Å². The van der Waals surface area contributed by atoms with Gasteiger partial charge in [0.05, 0.1) is 7.11 Å². The van der Waals surface area contributed by atoms with E-state index in [1.807, 2.05) is 19.2 Å². The number of carbonyl (C=O) groups is 1. The molecule has 2 aromatic heterocycles. The lowest BCUT2D eigenvalue weighted by molar-refractivity contribution is -0.135. The molecule has 1 amide bonds. The normalized spacial score (nSPS) is 15.0. The standard InChI is InChI=1S/C18H23N5O2/c1-22(13-14-3-8-19-9-4-14)17(24)15-6-11-23(12-7-15)18-20-10-5-16(21-18)25-2/h3-5,8-10,15H,6-7,11-13H2,1-2H3. The molecule has 3 rings (SSSR count). The maximum absolute atomic E-state index is 12.7. The van der Waals surface area contributed by atoms with Crippen molar-refractivity contribution in [2.24, 2.45) is 5.92 Å². The van der Waals surface area contributed by atoms with Crippen LogP contribution in [0.1, 0.15) is 18.4 Å². The first-order valence-corrected chi connectivity index (χ1v) is 8.43. The van der Waals surface area contributed by atoms with Crippen molar-refractivity contribution in [1.82, 2.24) is 19.9 Å². The number of hydrogen-bond donors (Lipinski definition) is 0. The number of rotatable bonds is 5. The molecule has 1 fully saturated rings. The first kappa shape index (κ1) is 17.1. The van der Waals surface area contributed by atoms with Gasteiger partial charge in [-0.1, -0.05) is 0 Å². The number of carbonyl (C=O) groups excluding carboxylic acids is 1. The van der Waals surface area contributed by atoms with E-state index in [1.165, 1.54) is 0 Å². The summed E-state index contributed by atoms with van der Waals surface area (Å²) in [6, 6.07) is 5.60. The van der Waals surface area contributed by atoms with Gasteiger partial charge in [-0.25, -0.2) is 4.98 Å². The average Bonchev–Trinajstić information content (AvgIpc) is 2.68. The van der Waals surface area contributed by atoms with Crippen LogP contribution in [0.2, 0.25) is 0 Å². The summed E-state index contributed by atoms with van der Waals surface area (Å²) in [4.78, 5) is 29.3. The number of hydrogen-bond acceptors (Lipinski definition) is 6. The summed E-state index contributed by atoms with van der Waals surface area (Å²) in [5.41, 5.74) is 1.09. The Kier molecular flexibility index (Phi) is 5.42. The van der Waals surface area contributed by atoms with Crippen LogP contribution in [0.4, 0.5) is 5.95 Å². The number of methoxy groups -OCH3 is 1. The smallest absolute Gasteiger partial charge is 0.228 e. The predicted molar refractivity (Wildman–Crippen MR) is 94.2 cm³/mol. The molecule has 0 unspecified atom stereocenters. The number of piperidine rings is 1. The molecule has 1 aliphatic heterocycles. The van der Waals surface area contributed by atoms with E-state index < -0.39 is 0 Å². The fraction of sp³-hybridized carbons (Fsp3) is 0.444. The van der Waals surface area contributed by atoms with Gasteiger partial charge in [0.15, 0.2) is 0 Å². The number of pyridine rings is 1. The Morgan fingerprint density at radius 3 is 2.64 bits per heavy atom. The summed E-state index contributed by atoms with van der Waals surface area (Å²) in [6.45, 7) is 2.15. The van der Waals surface area contributed by atoms with Gasteiger partial charge in [-0.2, -0.15) is 4.98 Å². The zero-order chi connectivity index (χ0) is 17.6. The molecule has 0 spiro atoms. The first-order chi connectivity index (χ1) is 12.2. The Hall–Kier alpha value is -2.70. The summed E-state index contributed by atoms with van der Waals surface area (Å²) < 4.78 is 5.15. The quantitative estimate of drug-likeness (QED) is 0.825. The van der Waals surface area contributed by atoms with E-state index in [2.05, 4.69) is 19.9 Å². The van der Waals surface area contributed by atoms with Crippen molar-refractivity contribution in [3.8, 4) is 5.88 Å². The SMILES string of the molecule is COc1ccnc(N2CCC(C(=O)N(C)Cc3ccncc3)CC2)n1. The van der Waals surface area contributed by atoms with Crippen LogP contribution in [0, 0.1) is 5.92 Å². The number of ether oxygens (including phenoxy) is 1. The average molecular weight is 341 g/mol. The minimum atomic E-state index is 0.0497. The van der Waals surface area contributed by atoms with E-state index in [1.54, 1.807) is 36.7 Å². The van der Waals surface area contributed by atoms with Gasteiger partial charge in [0, 0.05) is 57.3 Å². The Labute approximate surface area is 147 Å². The van der Waals surface area contributed by atoms with Crippen LogP contribution in [-0.4, -0.2) is 53.0 Å².